The fraction of sp³-hybridized carbons (Fsp3) is 0.714. The maximum atomic E-state index is 5.54. The molecule has 1 aromatic heterocycles. The quantitative estimate of drug-likeness (QED) is 0.874. The minimum absolute atomic E-state index is 0.561. The van der Waals surface area contributed by atoms with E-state index in [1.54, 1.807) is 0 Å². The van der Waals surface area contributed by atoms with Crippen LogP contribution in [-0.2, 0) is 6.42 Å². The minimum Gasteiger partial charge on any atom is -0.330 e. The maximum Gasteiger partial charge on any atom is 0.131 e. The van der Waals surface area contributed by atoms with Gasteiger partial charge in [0.05, 0.1) is 0 Å². The van der Waals surface area contributed by atoms with Gasteiger partial charge in [0.25, 0.3) is 0 Å². The van der Waals surface area contributed by atoms with Gasteiger partial charge >= 0.3 is 0 Å². The molecule has 2 saturated heterocycles. The molecule has 4 heteroatoms. The summed E-state index contributed by atoms with van der Waals surface area (Å²) < 4.78 is 0. The zero-order valence-corrected chi connectivity index (χ0v) is 11.0. The van der Waals surface area contributed by atoms with Crippen molar-refractivity contribution < 1.29 is 0 Å². The first-order valence-electron chi connectivity index (χ1n) is 7.00. The van der Waals surface area contributed by atoms with Crippen molar-refractivity contribution in [2.24, 2.45) is 5.73 Å². The molecule has 0 radical (unpaired) electrons. The van der Waals surface area contributed by atoms with Gasteiger partial charge in [-0.25, -0.2) is 9.97 Å². The van der Waals surface area contributed by atoms with E-state index in [2.05, 4.69) is 21.9 Å². The van der Waals surface area contributed by atoms with Crippen molar-refractivity contribution in [1.82, 2.24) is 14.9 Å². The molecule has 2 unspecified atom stereocenters. The van der Waals surface area contributed by atoms with E-state index in [-0.39, 0.29) is 0 Å². The normalized spacial score (nSPS) is 31.8. The molecule has 2 bridgehead atoms. The predicted molar refractivity (Wildman–Crippen MR) is 71.3 cm³/mol. The van der Waals surface area contributed by atoms with Crippen molar-refractivity contribution in [3.63, 3.8) is 0 Å². The molecule has 1 aromatic rings. The fourth-order valence-corrected chi connectivity index (χ4v) is 3.49. The predicted octanol–water partition coefficient (Wildman–Crippen LogP) is 1.32. The molecule has 98 valence electrons. The smallest absolute Gasteiger partial charge is 0.131 e. The van der Waals surface area contributed by atoms with Gasteiger partial charge in [-0.15, -0.1) is 0 Å². The van der Waals surface area contributed by atoms with E-state index in [0.29, 0.717) is 12.5 Å². The van der Waals surface area contributed by atoms with Gasteiger partial charge in [-0.1, -0.05) is 0 Å². The lowest BCUT2D eigenvalue weighted by atomic mass is 9.90. The zero-order valence-electron chi connectivity index (χ0n) is 11.0. The highest BCUT2D eigenvalue weighted by atomic mass is 15.2. The Morgan fingerprint density at radius 3 is 2.39 bits per heavy atom. The van der Waals surface area contributed by atoms with Gasteiger partial charge in [0.15, 0.2) is 0 Å². The van der Waals surface area contributed by atoms with E-state index in [0.717, 1.165) is 29.9 Å². The van der Waals surface area contributed by atoms with Crippen molar-refractivity contribution in [3.05, 3.63) is 23.8 Å². The number of hydrogen-bond donors (Lipinski definition) is 1. The second kappa shape index (κ2) is 4.94. The number of fused-ring (bicyclic) bond motifs is 2. The summed E-state index contributed by atoms with van der Waals surface area (Å²) in [6.07, 6.45) is 9.93. The highest BCUT2D eigenvalue weighted by molar-refractivity contribution is 5.11. The largest absolute Gasteiger partial charge is 0.330 e. The number of nitrogens with two attached hydrogens (primary N) is 1. The van der Waals surface area contributed by atoms with Gasteiger partial charge in [0.1, 0.15) is 5.82 Å². The summed E-state index contributed by atoms with van der Waals surface area (Å²) in [5.74, 6) is 1.60. The molecular weight excluding hydrogens is 224 g/mol. The lowest BCUT2D eigenvalue weighted by molar-refractivity contribution is 0.159. The molecular formula is C14H22N4. The third-order valence-electron chi connectivity index (χ3n) is 4.62. The van der Waals surface area contributed by atoms with Gasteiger partial charge in [0.2, 0.25) is 0 Å². The lowest BCUT2D eigenvalue weighted by Crippen LogP contribution is -2.39. The molecule has 0 aliphatic carbocycles. The first kappa shape index (κ1) is 12.1. The Kier molecular flexibility index (Phi) is 3.31. The Balaban J connectivity index is 1.72. The molecule has 4 nitrogen and oxygen atoms in total. The standard InChI is InChI=1S/C14H22N4/c1-18-12-2-3-13(18)7-11(6-12)14-16-8-10(4-5-15)9-17-14/h8-9,11-13H,2-7,15H2,1H3. The first-order chi connectivity index (χ1) is 8.78. The molecule has 2 N–H and O–H groups in total. The average molecular weight is 246 g/mol. The van der Waals surface area contributed by atoms with Crippen LogP contribution < -0.4 is 5.73 Å². The van der Waals surface area contributed by atoms with Gasteiger partial charge < -0.3 is 10.6 Å². The summed E-state index contributed by atoms with van der Waals surface area (Å²) in [5, 5.41) is 0. The molecule has 2 aliphatic rings. The highest BCUT2D eigenvalue weighted by Gasteiger charge is 2.39. The minimum atomic E-state index is 0.561. The van der Waals surface area contributed by atoms with Crippen LogP contribution in [0.2, 0.25) is 0 Å². The van der Waals surface area contributed by atoms with Crippen LogP contribution in [0.4, 0.5) is 0 Å². The highest BCUT2D eigenvalue weighted by Crippen LogP contribution is 2.40. The van der Waals surface area contributed by atoms with Crippen molar-refractivity contribution in [2.45, 2.75) is 50.1 Å². The number of nitrogens with zero attached hydrogens (tertiary/aromatic N) is 3. The monoisotopic (exact) mass is 246 g/mol. The molecule has 2 atom stereocenters. The molecule has 18 heavy (non-hydrogen) atoms. The van der Waals surface area contributed by atoms with Gasteiger partial charge in [-0.05, 0) is 51.3 Å². The summed E-state index contributed by atoms with van der Waals surface area (Å²) in [6.45, 7) is 0.668. The third kappa shape index (κ3) is 2.15. The number of piperidine rings is 1. The molecule has 0 amide bonds. The van der Waals surface area contributed by atoms with Crippen molar-refractivity contribution in [1.29, 1.82) is 0 Å². The summed E-state index contributed by atoms with van der Waals surface area (Å²) in [7, 11) is 2.27. The first-order valence-corrected chi connectivity index (χ1v) is 7.00. The van der Waals surface area contributed by atoms with Crippen LogP contribution in [0.15, 0.2) is 12.4 Å². The average Bonchev–Trinajstić information content (AvgIpc) is 2.63. The molecule has 3 rings (SSSR count). The Bertz CT molecular complexity index is 389. The topological polar surface area (TPSA) is 55.0 Å². The number of rotatable bonds is 3. The third-order valence-corrected chi connectivity index (χ3v) is 4.62. The molecule has 2 fully saturated rings. The summed E-state index contributed by atoms with van der Waals surface area (Å²) >= 11 is 0. The van der Waals surface area contributed by atoms with E-state index in [1.165, 1.54) is 25.7 Å². The van der Waals surface area contributed by atoms with Crippen LogP contribution in [0.5, 0.6) is 0 Å². The molecule has 2 aliphatic heterocycles. The summed E-state index contributed by atoms with van der Waals surface area (Å²) in [5.41, 5.74) is 6.69. The van der Waals surface area contributed by atoms with Gasteiger partial charge in [-0.2, -0.15) is 0 Å². The summed E-state index contributed by atoms with van der Waals surface area (Å²) in [4.78, 5) is 11.7. The summed E-state index contributed by atoms with van der Waals surface area (Å²) in [6, 6.07) is 1.50. The molecule has 0 aromatic carbocycles. The molecule has 0 saturated carbocycles. The van der Waals surface area contributed by atoms with E-state index in [4.69, 9.17) is 5.73 Å². The fourth-order valence-electron chi connectivity index (χ4n) is 3.49. The molecule has 0 spiro atoms. The Hall–Kier alpha value is -1.00. The van der Waals surface area contributed by atoms with E-state index < -0.39 is 0 Å². The van der Waals surface area contributed by atoms with E-state index in [9.17, 15) is 0 Å². The second-order valence-electron chi connectivity index (χ2n) is 5.71. The van der Waals surface area contributed by atoms with E-state index >= 15 is 0 Å². The van der Waals surface area contributed by atoms with Crippen LogP contribution in [0.3, 0.4) is 0 Å². The number of hydrogen-bond acceptors (Lipinski definition) is 4. The molecule has 3 heterocycles. The van der Waals surface area contributed by atoms with Gasteiger partial charge in [0, 0.05) is 30.4 Å². The zero-order chi connectivity index (χ0) is 12.5. The number of aromatic nitrogens is 2. The van der Waals surface area contributed by atoms with Crippen LogP contribution in [0.1, 0.15) is 43.0 Å². The Labute approximate surface area is 109 Å². The van der Waals surface area contributed by atoms with Crippen LogP contribution in [-0.4, -0.2) is 40.5 Å². The van der Waals surface area contributed by atoms with Crippen molar-refractivity contribution in [2.75, 3.05) is 13.6 Å². The SMILES string of the molecule is CN1C2CCC1CC(c1ncc(CCN)cn1)C2. The Morgan fingerprint density at radius 1 is 1.22 bits per heavy atom. The lowest BCUT2D eigenvalue weighted by Gasteiger charge is -2.35. The van der Waals surface area contributed by atoms with Crippen molar-refractivity contribution in [3.8, 4) is 0 Å². The Morgan fingerprint density at radius 2 is 1.83 bits per heavy atom. The van der Waals surface area contributed by atoms with E-state index in [1.807, 2.05) is 12.4 Å². The van der Waals surface area contributed by atoms with Crippen LogP contribution in [0, 0.1) is 0 Å². The van der Waals surface area contributed by atoms with Gasteiger partial charge in [-0.3, -0.25) is 0 Å². The van der Waals surface area contributed by atoms with Crippen LogP contribution in [0.25, 0.3) is 0 Å². The maximum absolute atomic E-state index is 5.54. The van der Waals surface area contributed by atoms with Crippen LogP contribution >= 0.6 is 0 Å². The van der Waals surface area contributed by atoms with Crippen molar-refractivity contribution >= 4 is 0 Å². The second-order valence-corrected chi connectivity index (χ2v) is 5.71.